The van der Waals surface area contributed by atoms with Crippen molar-refractivity contribution in [2.45, 2.75) is 71.8 Å². The molecule has 102 valence electrons. The summed E-state index contributed by atoms with van der Waals surface area (Å²) >= 11 is 0. The highest BCUT2D eigenvalue weighted by Gasteiger charge is 2.31. The number of rotatable bonds is 8. The van der Waals surface area contributed by atoms with Gasteiger partial charge in [-0.25, -0.2) is 0 Å². The fourth-order valence-electron chi connectivity index (χ4n) is 2.77. The number of nitrogens with one attached hydrogen (secondary N) is 1. The third kappa shape index (κ3) is 5.87. The second-order valence-corrected chi connectivity index (χ2v) is 5.96. The van der Waals surface area contributed by atoms with Gasteiger partial charge >= 0.3 is 0 Å². The predicted octanol–water partition coefficient (Wildman–Crippen LogP) is 3.75. The first-order valence-corrected chi connectivity index (χ1v) is 7.50. The predicted molar refractivity (Wildman–Crippen MR) is 74.4 cm³/mol. The molecule has 1 fully saturated rings. The molecule has 0 bridgehead atoms. The van der Waals surface area contributed by atoms with Gasteiger partial charge in [0.05, 0.1) is 0 Å². The Morgan fingerprint density at radius 3 is 2.41 bits per heavy atom. The quantitative estimate of drug-likeness (QED) is 0.653. The van der Waals surface area contributed by atoms with Crippen molar-refractivity contribution in [1.82, 2.24) is 5.32 Å². The zero-order chi connectivity index (χ0) is 12.6. The van der Waals surface area contributed by atoms with Crippen LogP contribution in [0.5, 0.6) is 0 Å². The summed E-state index contributed by atoms with van der Waals surface area (Å²) in [5.41, 5.74) is 0.524. The summed E-state index contributed by atoms with van der Waals surface area (Å²) in [6, 6.07) is 0.602. The molecule has 0 radical (unpaired) electrons. The van der Waals surface area contributed by atoms with E-state index in [1.165, 1.54) is 45.1 Å². The maximum atomic E-state index is 5.69. The van der Waals surface area contributed by atoms with E-state index in [2.05, 4.69) is 26.1 Å². The molecular weight excluding hydrogens is 210 g/mol. The summed E-state index contributed by atoms with van der Waals surface area (Å²) in [7, 11) is 0. The van der Waals surface area contributed by atoms with Crippen molar-refractivity contribution in [2.24, 2.45) is 5.41 Å². The lowest BCUT2D eigenvalue weighted by atomic mass is 9.72. The number of hydrogen-bond donors (Lipinski definition) is 1. The van der Waals surface area contributed by atoms with Crippen LogP contribution in [0.15, 0.2) is 0 Å². The van der Waals surface area contributed by atoms with Crippen LogP contribution in [-0.2, 0) is 4.74 Å². The van der Waals surface area contributed by atoms with Crippen LogP contribution in [0.25, 0.3) is 0 Å². The topological polar surface area (TPSA) is 21.3 Å². The van der Waals surface area contributed by atoms with Crippen LogP contribution in [-0.4, -0.2) is 25.8 Å². The van der Waals surface area contributed by atoms with Crippen molar-refractivity contribution >= 4 is 0 Å². The molecule has 1 rings (SSSR count). The van der Waals surface area contributed by atoms with E-state index < -0.39 is 0 Å². The minimum absolute atomic E-state index is 0.524. The Labute approximate surface area is 108 Å². The smallest absolute Gasteiger partial charge is 0.0471 e. The van der Waals surface area contributed by atoms with E-state index in [9.17, 15) is 0 Å². The lowest BCUT2D eigenvalue weighted by Crippen LogP contribution is -2.39. The highest BCUT2D eigenvalue weighted by Crippen LogP contribution is 2.38. The minimum atomic E-state index is 0.524. The molecule has 0 aromatic rings. The van der Waals surface area contributed by atoms with E-state index in [0.717, 1.165) is 19.6 Å². The van der Waals surface area contributed by atoms with Gasteiger partial charge in [-0.15, -0.1) is 0 Å². The summed E-state index contributed by atoms with van der Waals surface area (Å²) in [6.07, 6.45) is 9.41. The first-order chi connectivity index (χ1) is 8.18. The maximum absolute atomic E-state index is 5.69. The Morgan fingerprint density at radius 2 is 1.82 bits per heavy atom. The van der Waals surface area contributed by atoms with E-state index >= 15 is 0 Å². The van der Waals surface area contributed by atoms with Crippen molar-refractivity contribution in [3.63, 3.8) is 0 Å². The molecule has 0 heterocycles. The second-order valence-electron chi connectivity index (χ2n) is 5.96. The van der Waals surface area contributed by atoms with E-state index in [1.807, 2.05) is 0 Å². The molecule has 0 aromatic heterocycles. The van der Waals surface area contributed by atoms with Gasteiger partial charge in [-0.2, -0.15) is 0 Å². The fourth-order valence-corrected chi connectivity index (χ4v) is 2.77. The van der Waals surface area contributed by atoms with Crippen LogP contribution in [0, 0.1) is 5.41 Å². The normalized spacial score (nSPS) is 19.8. The Morgan fingerprint density at radius 1 is 1.12 bits per heavy atom. The summed E-state index contributed by atoms with van der Waals surface area (Å²) in [6.45, 7) is 9.71. The highest BCUT2D eigenvalue weighted by atomic mass is 16.5. The SMILES string of the molecule is CCCOCCC1(CNC(C)C)CCCCC1. The van der Waals surface area contributed by atoms with Crippen molar-refractivity contribution < 1.29 is 4.74 Å². The largest absolute Gasteiger partial charge is 0.381 e. The Hall–Kier alpha value is -0.0800. The van der Waals surface area contributed by atoms with Crippen LogP contribution in [0.4, 0.5) is 0 Å². The molecule has 1 saturated carbocycles. The monoisotopic (exact) mass is 241 g/mol. The zero-order valence-electron chi connectivity index (χ0n) is 12.1. The fraction of sp³-hybridized carbons (Fsp3) is 1.00. The molecule has 0 aliphatic heterocycles. The van der Waals surface area contributed by atoms with Crippen molar-refractivity contribution in [2.75, 3.05) is 19.8 Å². The van der Waals surface area contributed by atoms with Crippen molar-refractivity contribution in [3.8, 4) is 0 Å². The Bertz CT molecular complexity index is 185. The van der Waals surface area contributed by atoms with Crippen LogP contribution in [0.2, 0.25) is 0 Å². The van der Waals surface area contributed by atoms with Gasteiger partial charge < -0.3 is 10.1 Å². The molecule has 1 aliphatic rings. The van der Waals surface area contributed by atoms with Gasteiger partial charge in [-0.3, -0.25) is 0 Å². The minimum Gasteiger partial charge on any atom is -0.381 e. The van der Waals surface area contributed by atoms with Crippen LogP contribution < -0.4 is 5.32 Å². The van der Waals surface area contributed by atoms with Gasteiger partial charge in [-0.1, -0.05) is 40.0 Å². The summed E-state index contributed by atoms with van der Waals surface area (Å²) in [4.78, 5) is 0. The van der Waals surface area contributed by atoms with Gasteiger partial charge in [0.15, 0.2) is 0 Å². The highest BCUT2D eigenvalue weighted by molar-refractivity contribution is 4.85. The lowest BCUT2D eigenvalue weighted by Gasteiger charge is -2.38. The molecule has 1 N–H and O–H groups in total. The molecular formula is C15H31NO. The van der Waals surface area contributed by atoms with Gasteiger partial charge in [0.25, 0.3) is 0 Å². The molecule has 0 atom stereocenters. The molecule has 1 aliphatic carbocycles. The summed E-state index contributed by atoms with van der Waals surface area (Å²) < 4.78 is 5.69. The third-order valence-electron chi connectivity index (χ3n) is 3.92. The number of hydrogen-bond acceptors (Lipinski definition) is 2. The standard InChI is InChI=1S/C15H31NO/c1-4-11-17-12-10-15(13-16-14(2)3)8-6-5-7-9-15/h14,16H,4-13H2,1-3H3. The maximum Gasteiger partial charge on any atom is 0.0471 e. The van der Waals surface area contributed by atoms with E-state index in [-0.39, 0.29) is 0 Å². The summed E-state index contributed by atoms with van der Waals surface area (Å²) in [5, 5.41) is 3.64. The molecule has 0 spiro atoms. The Kier molecular flexibility index (Phi) is 7.14. The molecule has 0 saturated heterocycles. The number of ether oxygens (including phenoxy) is 1. The van der Waals surface area contributed by atoms with Crippen molar-refractivity contribution in [3.05, 3.63) is 0 Å². The van der Waals surface area contributed by atoms with E-state index in [1.54, 1.807) is 0 Å². The van der Waals surface area contributed by atoms with Gasteiger partial charge in [0.2, 0.25) is 0 Å². The van der Waals surface area contributed by atoms with Crippen molar-refractivity contribution in [1.29, 1.82) is 0 Å². The zero-order valence-corrected chi connectivity index (χ0v) is 12.1. The van der Waals surface area contributed by atoms with Gasteiger partial charge in [0.1, 0.15) is 0 Å². The molecule has 0 aromatic carbocycles. The first-order valence-electron chi connectivity index (χ1n) is 7.50. The van der Waals surface area contributed by atoms with Crippen LogP contribution >= 0.6 is 0 Å². The first kappa shape index (κ1) is 15.0. The molecule has 2 nitrogen and oxygen atoms in total. The lowest BCUT2D eigenvalue weighted by molar-refractivity contribution is 0.0721. The Balaban J connectivity index is 2.35. The van der Waals surface area contributed by atoms with Crippen LogP contribution in [0.3, 0.4) is 0 Å². The molecule has 17 heavy (non-hydrogen) atoms. The molecule has 0 amide bonds. The summed E-state index contributed by atoms with van der Waals surface area (Å²) in [5.74, 6) is 0. The third-order valence-corrected chi connectivity index (χ3v) is 3.92. The average molecular weight is 241 g/mol. The second kappa shape index (κ2) is 8.10. The molecule has 0 unspecified atom stereocenters. The molecule has 2 heteroatoms. The van der Waals surface area contributed by atoms with Gasteiger partial charge in [0, 0.05) is 25.8 Å². The van der Waals surface area contributed by atoms with Crippen LogP contribution in [0.1, 0.15) is 65.7 Å². The van der Waals surface area contributed by atoms with Gasteiger partial charge in [-0.05, 0) is 31.1 Å². The van der Waals surface area contributed by atoms with E-state index in [4.69, 9.17) is 4.74 Å². The van der Waals surface area contributed by atoms with E-state index in [0.29, 0.717) is 11.5 Å². The average Bonchev–Trinajstić information content (AvgIpc) is 2.34.